The number of rotatable bonds is 4. The molecule has 4 heteroatoms. The molecule has 2 aliphatic rings. The summed E-state index contributed by atoms with van der Waals surface area (Å²) in [4.78, 5) is 5.02. The van der Waals surface area contributed by atoms with Gasteiger partial charge in [0.25, 0.3) is 0 Å². The minimum absolute atomic E-state index is 0.239. The van der Waals surface area contributed by atoms with Crippen LogP contribution in [0.15, 0.2) is 24.3 Å². The number of hydrogen-bond acceptors (Lipinski definition) is 4. The molecule has 1 aromatic carbocycles. The third-order valence-corrected chi connectivity index (χ3v) is 5.15. The molecule has 1 aromatic rings. The van der Waals surface area contributed by atoms with Gasteiger partial charge in [-0.15, -0.1) is 0 Å². The number of aliphatic hydroxyl groups is 1. The van der Waals surface area contributed by atoms with Gasteiger partial charge in [0, 0.05) is 31.2 Å². The van der Waals surface area contributed by atoms with Crippen molar-refractivity contribution in [2.24, 2.45) is 0 Å². The number of nitrogens with zero attached hydrogens (tertiary/aromatic N) is 2. The van der Waals surface area contributed by atoms with Crippen molar-refractivity contribution in [2.45, 2.75) is 37.9 Å². The Morgan fingerprint density at radius 2 is 2.10 bits per heavy atom. The zero-order valence-electron chi connectivity index (χ0n) is 13.1. The van der Waals surface area contributed by atoms with E-state index in [1.165, 1.54) is 24.9 Å². The maximum atomic E-state index is 9.74. The summed E-state index contributed by atoms with van der Waals surface area (Å²) in [6.07, 6.45) is 2.55. The number of benzene rings is 1. The smallest absolute Gasteiger partial charge is 0.118 e. The molecule has 0 unspecified atom stereocenters. The lowest BCUT2D eigenvalue weighted by molar-refractivity contribution is -0.0248. The minimum atomic E-state index is 0.239. The first-order chi connectivity index (χ1) is 10.1. The number of fused-ring (bicyclic) bond motifs is 1. The van der Waals surface area contributed by atoms with E-state index < -0.39 is 0 Å². The van der Waals surface area contributed by atoms with Gasteiger partial charge in [0.05, 0.1) is 13.7 Å². The van der Waals surface area contributed by atoms with Crippen molar-refractivity contribution < 1.29 is 9.84 Å². The second-order valence-corrected chi connectivity index (χ2v) is 6.64. The summed E-state index contributed by atoms with van der Waals surface area (Å²) in [5.41, 5.74) is 1.57. The van der Waals surface area contributed by atoms with E-state index in [2.05, 4.69) is 28.9 Å². The molecular weight excluding hydrogens is 264 g/mol. The summed E-state index contributed by atoms with van der Waals surface area (Å²) in [5.74, 6) is 0.894. The van der Waals surface area contributed by atoms with Crippen molar-refractivity contribution in [3.05, 3.63) is 29.8 Å². The number of piperazine rings is 1. The Kier molecular flexibility index (Phi) is 4.20. The Labute approximate surface area is 127 Å². The molecule has 2 saturated heterocycles. The standard InChI is InChI=1S/C17H26N2O2/c1-17-8-3-9-19(17)11-15(12-20)18(13-17)10-14-4-6-16(21-2)7-5-14/h4-7,15,20H,3,8-13H2,1-2H3/t15-,17+/m1/s1. The first-order valence-electron chi connectivity index (χ1n) is 7.87. The van der Waals surface area contributed by atoms with Crippen LogP contribution in [0.3, 0.4) is 0 Å². The fraction of sp³-hybridized carbons (Fsp3) is 0.647. The highest BCUT2D eigenvalue weighted by Gasteiger charge is 2.44. The third kappa shape index (κ3) is 2.93. The molecule has 4 nitrogen and oxygen atoms in total. The Balaban J connectivity index is 1.72. The lowest BCUT2D eigenvalue weighted by Crippen LogP contribution is -2.62. The van der Waals surface area contributed by atoms with Gasteiger partial charge in [0.2, 0.25) is 0 Å². The maximum Gasteiger partial charge on any atom is 0.118 e. The molecule has 0 amide bonds. The van der Waals surface area contributed by atoms with Crippen molar-refractivity contribution >= 4 is 0 Å². The van der Waals surface area contributed by atoms with Crippen molar-refractivity contribution in [3.63, 3.8) is 0 Å². The lowest BCUT2D eigenvalue weighted by atomic mass is 9.93. The summed E-state index contributed by atoms with van der Waals surface area (Å²) in [7, 11) is 1.69. The van der Waals surface area contributed by atoms with Gasteiger partial charge in [0.1, 0.15) is 5.75 Å². The Bertz CT molecular complexity index is 476. The van der Waals surface area contributed by atoms with E-state index in [1.807, 2.05) is 12.1 Å². The van der Waals surface area contributed by atoms with E-state index in [4.69, 9.17) is 4.74 Å². The van der Waals surface area contributed by atoms with Crippen LogP contribution in [-0.2, 0) is 6.54 Å². The summed E-state index contributed by atoms with van der Waals surface area (Å²) in [6, 6.07) is 8.51. The maximum absolute atomic E-state index is 9.74. The Morgan fingerprint density at radius 1 is 1.33 bits per heavy atom. The predicted molar refractivity (Wildman–Crippen MR) is 83.5 cm³/mol. The van der Waals surface area contributed by atoms with E-state index in [0.717, 1.165) is 25.4 Å². The summed E-state index contributed by atoms with van der Waals surface area (Å²) >= 11 is 0. The van der Waals surface area contributed by atoms with Gasteiger partial charge in [-0.25, -0.2) is 0 Å². The molecule has 0 saturated carbocycles. The van der Waals surface area contributed by atoms with Crippen LogP contribution in [0, 0.1) is 0 Å². The summed E-state index contributed by atoms with van der Waals surface area (Å²) < 4.78 is 5.21. The van der Waals surface area contributed by atoms with Crippen LogP contribution in [0.25, 0.3) is 0 Å². The zero-order chi connectivity index (χ0) is 14.9. The van der Waals surface area contributed by atoms with Crippen molar-refractivity contribution in [3.8, 4) is 5.75 Å². The van der Waals surface area contributed by atoms with E-state index in [0.29, 0.717) is 0 Å². The second kappa shape index (κ2) is 5.95. The normalized spacial score (nSPS) is 30.3. The van der Waals surface area contributed by atoms with Gasteiger partial charge < -0.3 is 9.84 Å². The molecule has 0 aromatic heterocycles. The van der Waals surface area contributed by atoms with Crippen molar-refractivity contribution in [1.82, 2.24) is 9.80 Å². The summed E-state index contributed by atoms with van der Waals surface area (Å²) in [6.45, 7) is 6.73. The van der Waals surface area contributed by atoms with E-state index in [9.17, 15) is 5.11 Å². The molecule has 0 bridgehead atoms. The zero-order valence-corrected chi connectivity index (χ0v) is 13.1. The molecular formula is C17H26N2O2. The average molecular weight is 290 g/mol. The van der Waals surface area contributed by atoms with Gasteiger partial charge in [0.15, 0.2) is 0 Å². The fourth-order valence-electron chi connectivity index (χ4n) is 3.83. The molecule has 21 heavy (non-hydrogen) atoms. The highest BCUT2D eigenvalue weighted by atomic mass is 16.5. The van der Waals surface area contributed by atoms with Gasteiger partial charge in [-0.05, 0) is 44.0 Å². The van der Waals surface area contributed by atoms with Gasteiger partial charge in [-0.1, -0.05) is 12.1 Å². The number of hydrogen-bond donors (Lipinski definition) is 1. The molecule has 2 aliphatic heterocycles. The topological polar surface area (TPSA) is 35.9 Å². The van der Waals surface area contributed by atoms with Gasteiger partial charge in [-0.2, -0.15) is 0 Å². The van der Waals surface area contributed by atoms with Gasteiger partial charge >= 0.3 is 0 Å². The predicted octanol–water partition coefficient (Wildman–Crippen LogP) is 1.73. The first kappa shape index (κ1) is 14.8. The quantitative estimate of drug-likeness (QED) is 0.916. The van der Waals surface area contributed by atoms with Crippen LogP contribution < -0.4 is 4.74 Å². The number of methoxy groups -OCH3 is 1. The van der Waals surface area contributed by atoms with Crippen LogP contribution in [0.1, 0.15) is 25.3 Å². The van der Waals surface area contributed by atoms with Crippen LogP contribution in [0.2, 0.25) is 0 Å². The van der Waals surface area contributed by atoms with E-state index >= 15 is 0 Å². The molecule has 0 aliphatic carbocycles. The van der Waals surface area contributed by atoms with Crippen LogP contribution >= 0.6 is 0 Å². The van der Waals surface area contributed by atoms with Crippen molar-refractivity contribution in [1.29, 1.82) is 0 Å². The van der Waals surface area contributed by atoms with E-state index in [1.54, 1.807) is 7.11 Å². The molecule has 2 atom stereocenters. The first-order valence-corrected chi connectivity index (χ1v) is 7.87. The molecule has 116 valence electrons. The highest BCUT2D eigenvalue weighted by Crippen LogP contribution is 2.34. The molecule has 2 heterocycles. The molecule has 0 radical (unpaired) electrons. The van der Waals surface area contributed by atoms with Crippen molar-refractivity contribution in [2.75, 3.05) is 33.4 Å². The average Bonchev–Trinajstić information content (AvgIpc) is 2.87. The van der Waals surface area contributed by atoms with E-state index in [-0.39, 0.29) is 18.2 Å². The van der Waals surface area contributed by atoms with Crippen LogP contribution in [0.4, 0.5) is 0 Å². The number of aliphatic hydroxyl groups excluding tert-OH is 1. The van der Waals surface area contributed by atoms with Crippen LogP contribution in [0.5, 0.6) is 5.75 Å². The van der Waals surface area contributed by atoms with Crippen LogP contribution in [-0.4, -0.2) is 59.8 Å². The second-order valence-electron chi connectivity index (χ2n) is 6.64. The fourth-order valence-corrected chi connectivity index (χ4v) is 3.83. The Hall–Kier alpha value is -1.10. The van der Waals surface area contributed by atoms with Gasteiger partial charge in [-0.3, -0.25) is 9.80 Å². The SMILES string of the molecule is COc1ccc(CN2C[C@]3(C)CCCN3C[C@@H]2CO)cc1. The Morgan fingerprint density at radius 3 is 2.76 bits per heavy atom. The largest absolute Gasteiger partial charge is 0.497 e. The molecule has 2 fully saturated rings. The third-order valence-electron chi connectivity index (χ3n) is 5.15. The summed E-state index contributed by atoms with van der Waals surface area (Å²) in [5, 5.41) is 9.74. The molecule has 0 spiro atoms. The monoisotopic (exact) mass is 290 g/mol. The molecule has 1 N–H and O–H groups in total. The minimum Gasteiger partial charge on any atom is -0.497 e. The molecule has 3 rings (SSSR count). The lowest BCUT2D eigenvalue weighted by Gasteiger charge is -2.49. The number of ether oxygens (including phenoxy) is 1. The highest BCUT2D eigenvalue weighted by molar-refractivity contribution is 5.27.